The predicted octanol–water partition coefficient (Wildman–Crippen LogP) is 4.16. The summed E-state index contributed by atoms with van der Waals surface area (Å²) < 4.78 is 48.0. The highest BCUT2D eigenvalue weighted by Gasteiger charge is 2.53. The highest BCUT2D eigenvalue weighted by molar-refractivity contribution is 5.83. The van der Waals surface area contributed by atoms with Gasteiger partial charge in [-0.2, -0.15) is 0 Å². The van der Waals surface area contributed by atoms with Gasteiger partial charge in [0.2, 0.25) is 0 Å². The zero-order valence-electron chi connectivity index (χ0n) is 36.5. The van der Waals surface area contributed by atoms with Crippen LogP contribution in [0.4, 0.5) is 4.79 Å². The Balaban J connectivity index is 2.11. The van der Waals surface area contributed by atoms with Gasteiger partial charge in [0, 0.05) is 44.6 Å². The molecule has 0 aromatic heterocycles. The van der Waals surface area contributed by atoms with Crippen LogP contribution in [0.2, 0.25) is 0 Å². The number of cyclic esters (lactones) is 1. The second-order valence-electron chi connectivity index (χ2n) is 16.5. The molecule has 2 saturated heterocycles. The third-order valence-corrected chi connectivity index (χ3v) is 12.1. The molecule has 326 valence electrons. The number of hydrogen-bond donors (Lipinski definition) is 3. The first-order chi connectivity index (χ1) is 26.7. The largest absolute Gasteiger partial charge is 0.493 e. The van der Waals surface area contributed by atoms with E-state index in [-0.39, 0.29) is 37.3 Å². The predicted molar refractivity (Wildman–Crippen MR) is 212 cm³/mol. The van der Waals surface area contributed by atoms with E-state index in [1.54, 1.807) is 61.8 Å². The van der Waals surface area contributed by atoms with Gasteiger partial charge in [-0.05, 0) is 85.2 Å². The number of nitrogens with one attached hydrogen (secondary N) is 1. The third-order valence-electron chi connectivity index (χ3n) is 12.1. The smallest absolute Gasteiger partial charge is 0.407 e. The van der Waals surface area contributed by atoms with Crippen LogP contribution in [0.3, 0.4) is 0 Å². The number of amides is 1. The molecule has 3 N–H and O–H groups in total. The Morgan fingerprint density at radius 3 is 2.19 bits per heavy atom. The lowest BCUT2D eigenvalue weighted by molar-refractivity contribution is -0.301. The molecule has 3 rings (SSSR count). The normalized spacial score (nSPS) is 37.2. The summed E-state index contributed by atoms with van der Waals surface area (Å²) in [6.07, 6.45) is -6.32. The van der Waals surface area contributed by atoms with Crippen molar-refractivity contribution in [3.8, 4) is 11.5 Å². The van der Waals surface area contributed by atoms with Gasteiger partial charge in [0.15, 0.2) is 17.8 Å². The number of hydrogen-bond acceptors (Lipinski definition) is 14. The summed E-state index contributed by atoms with van der Waals surface area (Å²) in [5.74, 6) is -3.21. The highest BCUT2D eigenvalue weighted by atomic mass is 16.7. The van der Waals surface area contributed by atoms with Crippen molar-refractivity contribution in [2.45, 2.75) is 141 Å². The van der Waals surface area contributed by atoms with Gasteiger partial charge in [-0.3, -0.25) is 9.59 Å². The molecule has 2 aliphatic rings. The fraction of sp³-hybridized carbons (Fsp3) is 0.786. The summed E-state index contributed by atoms with van der Waals surface area (Å²) in [6, 6.07) is 5.16. The molecule has 1 amide bonds. The van der Waals surface area contributed by atoms with Crippen molar-refractivity contribution in [2.75, 3.05) is 49.1 Å². The van der Waals surface area contributed by atoms with Crippen molar-refractivity contribution < 1.29 is 62.5 Å². The van der Waals surface area contributed by atoms with Crippen molar-refractivity contribution in [2.24, 2.45) is 23.7 Å². The molecule has 0 radical (unpaired) electrons. The highest BCUT2D eigenvalue weighted by Crippen LogP contribution is 2.40. The van der Waals surface area contributed by atoms with E-state index in [4.69, 9.17) is 37.9 Å². The average Bonchev–Trinajstić information content (AvgIpc) is 3.17. The molecule has 1 aromatic rings. The van der Waals surface area contributed by atoms with Crippen LogP contribution in [0.25, 0.3) is 0 Å². The van der Waals surface area contributed by atoms with Gasteiger partial charge >= 0.3 is 12.1 Å². The molecule has 57 heavy (non-hydrogen) atoms. The van der Waals surface area contributed by atoms with Crippen LogP contribution in [-0.4, -0.2) is 142 Å². The summed E-state index contributed by atoms with van der Waals surface area (Å²) in [5, 5.41) is 26.3. The molecule has 15 heteroatoms. The number of ketones is 1. The first-order valence-corrected chi connectivity index (χ1v) is 20.1. The Morgan fingerprint density at radius 1 is 0.982 bits per heavy atom. The lowest BCUT2D eigenvalue weighted by Gasteiger charge is -2.48. The van der Waals surface area contributed by atoms with E-state index in [1.807, 2.05) is 38.1 Å². The Kier molecular flexibility index (Phi) is 17.6. The van der Waals surface area contributed by atoms with Crippen LogP contribution < -0.4 is 14.8 Å². The van der Waals surface area contributed by atoms with Crippen LogP contribution in [0.5, 0.6) is 11.5 Å². The third kappa shape index (κ3) is 11.4. The first kappa shape index (κ1) is 48.3. The molecular formula is C42H70N2O13. The van der Waals surface area contributed by atoms with Crippen LogP contribution in [0.15, 0.2) is 18.2 Å². The van der Waals surface area contributed by atoms with Gasteiger partial charge in [-0.1, -0.05) is 33.8 Å². The summed E-state index contributed by atoms with van der Waals surface area (Å²) in [5.41, 5.74) is -2.17. The molecule has 15 nitrogen and oxygen atoms in total. The minimum Gasteiger partial charge on any atom is -0.493 e. The lowest BCUT2D eigenvalue weighted by Crippen LogP contribution is -2.61. The van der Waals surface area contributed by atoms with E-state index >= 15 is 0 Å². The van der Waals surface area contributed by atoms with Crippen molar-refractivity contribution in [1.82, 2.24) is 10.2 Å². The van der Waals surface area contributed by atoms with Gasteiger partial charge in [0.25, 0.3) is 0 Å². The van der Waals surface area contributed by atoms with E-state index in [9.17, 15) is 24.6 Å². The maximum atomic E-state index is 14.2. The summed E-state index contributed by atoms with van der Waals surface area (Å²) in [4.78, 5) is 44.0. The number of Topliss-reactive ketones (excluding diaryl/α,β-unsaturated/α-hetero) is 1. The number of likely N-dealkylation sites (N-methyl/N-ethyl adjacent to an activating group) is 1. The lowest BCUT2D eigenvalue weighted by atomic mass is 9.73. The summed E-state index contributed by atoms with van der Waals surface area (Å²) in [7, 11) is 9.74. The number of alkyl carbamates (subject to hydrolysis) is 1. The maximum Gasteiger partial charge on any atom is 0.407 e. The molecule has 0 saturated carbocycles. The fourth-order valence-corrected chi connectivity index (χ4v) is 8.72. The Hall–Kier alpha value is -3.05. The Labute approximate surface area is 339 Å². The second kappa shape index (κ2) is 20.8. The SMILES string of the molecule is CC[C@H]1OC(=O)[C@H](C)[C@@H](OC(=O)NCCc2ccc(OC)c(OC)c2)[C@H](C)[C@@H](O[C@@H]2O[C@H](C)C[C@H](N(C)C)[C@H]2O)[C@](C)(OC)C[C@@H](C)C(=O)[C@@H](C)[C@@H](OC)[C@]1(C)O. The molecule has 0 bridgehead atoms. The number of aliphatic hydroxyl groups excluding tert-OH is 1. The van der Waals surface area contributed by atoms with Gasteiger partial charge in [0.05, 0.1) is 44.1 Å². The number of rotatable bonds is 12. The van der Waals surface area contributed by atoms with Crippen molar-refractivity contribution in [1.29, 1.82) is 0 Å². The molecule has 2 heterocycles. The zero-order valence-corrected chi connectivity index (χ0v) is 36.5. The number of carbonyl (C=O) groups excluding carboxylic acids is 3. The molecule has 0 spiro atoms. The van der Waals surface area contributed by atoms with Crippen LogP contribution >= 0.6 is 0 Å². The van der Waals surface area contributed by atoms with Crippen LogP contribution in [-0.2, 0) is 44.4 Å². The van der Waals surface area contributed by atoms with Crippen molar-refractivity contribution in [3.63, 3.8) is 0 Å². The monoisotopic (exact) mass is 810 g/mol. The standard InChI is InChI=1S/C42H70N2O13/c1-15-32-42(8,49)37(52-13)25(4)33(45)23(2)22-41(7,53-14)36(57-39-34(46)29(44(9)10)20-24(3)54-39)26(5)35(27(6)38(47)55-32)56-40(48)43-19-18-28-16-17-30(50-11)31(21-28)51-12/h16-17,21,23-27,29,32,34-37,39,46,49H,15,18-20,22H2,1-14H3,(H,43,48)/t23-,24-,25-,26+,27-,29+,32-,34-,35+,36-,37-,39+,41-,42-/m1/s1. The number of benzene rings is 1. The van der Waals surface area contributed by atoms with Crippen molar-refractivity contribution in [3.05, 3.63) is 23.8 Å². The molecule has 2 fully saturated rings. The van der Waals surface area contributed by atoms with E-state index < -0.39 is 83.7 Å². The molecular weight excluding hydrogens is 740 g/mol. The second-order valence-corrected chi connectivity index (χ2v) is 16.5. The van der Waals surface area contributed by atoms with E-state index in [0.29, 0.717) is 24.3 Å². The van der Waals surface area contributed by atoms with Crippen molar-refractivity contribution >= 4 is 17.8 Å². The summed E-state index contributed by atoms with van der Waals surface area (Å²) in [6.45, 7) is 14.0. The number of esters is 1. The van der Waals surface area contributed by atoms with Gasteiger partial charge in [-0.15, -0.1) is 0 Å². The zero-order chi connectivity index (χ0) is 43.0. The van der Waals surface area contributed by atoms with Crippen LogP contribution in [0.1, 0.15) is 80.2 Å². The number of ether oxygens (including phenoxy) is 8. The number of carbonyl (C=O) groups is 3. The number of nitrogens with zero attached hydrogens (tertiary/aromatic N) is 1. The molecule has 0 aliphatic carbocycles. The first-order valence-electron chi connectivity index (χ1n) is 20.1. The molecule has 1 aromatic carbocycles. The Morgan fingerprint density at radius 2 is 1.63 bits per heavy atom. The minimum absolute atomic E-state index is 0.121. The average molecular weight is 811 g/mol. The number of aliphatic hydroxyl groups is 2. The van der Waals surface area contributed by atoms with E-state index in [1.165, 1.54) is 21.1 Å². The quantitative estimate of drug-likeness (QED) is 0.256. The molecule has 14 atom stereocenters. The fourth-order valence-electron chi connectivity index (χ4n) is 8.72. The number of methoxy groups -OCH3 is 4. The topological polar surface area (TPSA) is 181 Å². The Bertz CT molecular complexity index is 1470. The molecule has 2 aliphatic heterocycles. The maximum absolute atomic E-state index is 14.2. The van der Waals surface area contributed by atoms with E-state index in [2.05, 4.69) is 5.32 Å². The van der Waals surface area contributed by atoms with Gasteiger partial charge in [0.1, 0.15) is 29.7 Å². The van der Waals surface area contributed by atoms with Crippen LogP contribution in [0, 0.1) is 23.7 Å². The summed E-state index contributed by atoms with van der Waals surface area (Å²) >= 11 is 0. The van der Waals surface area contributed by atoms with E-state index in [0.717, 1.165) is 5.56 Å². The van der Waals surface area contributed by atoms with Gasteiger partial charge < -0.3 is 58.3 Å². The molecule has 0 unspecified atom stereocenters. The minimum atomic E-state index is -1.77. The van der Waals surface area contributed by atoms with Gasteiger partial charge in [-0.25, -0.2) is 4.79 Å².